The summed E-state index contributed by atoms with van der Waals surface area (Å²) >= 11 is 0. The molecule has 2 N–H and O–H groups in total. The lowest BCUT2D eigenvalue weighted by molar-refractivity contribution is -0.883. The maximum absolute atomic E-state index is 12.6. The van der Waals surface area contributed by atoms with Crippen molar-refractivity contribution in [3.05, 3.63) is 36.4 Å². The standard InChI is InChI=1S/C15H19N3O5S/c1-17-8-10-18(11-9-17)24(22,23)13-4-2-12(3-5-13)16-14(19)6-7-15(20)21/h2-7H,8-11H2,1H3,(H,16,19)(H,20,21)/b7-6-. The molecule has 1 aromatic carbocycles. The third kappa shape index (κ3) is 4.63. The first-order valence-electron chi connectivity index (χ1n) is 7.40. The Kier molecular flexibility index (Phi) is 5.71. The van der Waals surface area contributed by atoms with Crippen molar-refractivity contribution in [2.75, 3.05) is 38.5 Å². The van der Waals surface area contributed by atoms with Gasteiger partial charge in [0.15, 0.2) is 0 Å². The fraction of sp³-hybridized carbons (Fsp3) is 0.333. The van der Waals surface area contributed by atoms with Crippen LogP contribution in [0.5, 0.6) is 0 Å². The van der Waals surface area contributed by atoms with E-state index >= 15 is 0 Å². The molecule has 1 saturated heterocycles. The highest BCUT2D eigenvalue weighted by atomic mass is 32.2. The summed E-state index contributed by atoms with van der Waals surface area (Å²) in [7, 11) is -1.52. The van der Waals surface area contributed by atoms with Crippen LogP contribution in [0.25, 0.3) is 0 Å². The first-order valence-corrected chi connectivity index (χ1v) is 8.84. The smallest absolute Gasteiger partial charge is 0.248 e. The molecule has 1 fully saturated rings. The maximum atomic E-state index is 12.6. The molecule has 8 nitrogen and oxygen atoms in total. The van der Waals surface area contributed by atoms with Crippen molar-refractivity contribution in [3.63, 3.8) is 0 Å². The number of anilines is 1. The number of quaternary nitrogens is 1. The molecule has 1 aromatic rings. The van der Waals surface area contributed by atoms with E-state index in [0.717, 1.165) is 19.2 Å². The molecule has 9 heteroatoms. The van der Waals surface area contributed by atoms with Crippen LogP contribution in [-0.2, 0) is 19.6 Å². The molecule has 0 radical (unpaired) electrons. The Morgan fingerprint density at radius 3 is 2.29 bits per heavy atom. The van der Waals surface area contributed by atoms with E-state index in [-0.39, 0.29) is 4.90 Å². The molecule has 0 unspecified atom stereocenters. The number of amides is 1. The number of carbonyl (C=O) groups excluding carboxylic acids is 2. The average molecular weight is 353 g/mol. The third-order valence-corrected chi connectivity index (χ3v) is 5.62. The zero-order chi connectivity index (χ0) is 17.7. The number of nitrogens with zero attached hydrogens (tertiary/aromatic N) is 1. The summed E-state index contributed by atoms with van der Waals surface area (Å²) in [6, 6.07) is 5.75. The molecule has 2 rings (SSSR count). The van der Waals surface area contributed by atoms with Crippen molar-refractivity contribution in [1.82, 2.24) is 4.31 Å². The van der Waals surface area contributed by atoms with Gasteiger partial charge < -0.3 is 20.1 Å². The van der Waals surface area contributed by atoms with E-state index < -0.39 is 21.9 Å². The van der Waals surface area contributed by atoms with Crippen LogP contribution >= 0.6 is 0 Å². The fourth-order valence-electron chi connectivity index (χ4n) is 2.30. The minimum absolute atomic E-state index is 0.158. The van der Waals surface area contributed by atoms with Crippen LogP contribution in [0.2, 0.25) is 0 Å². The van der Waals surface area contributed by atoms with Gasteiger partial charge in [0.25, 0.3) is 0 Å². The van der Waals surface area contributed by atoms with Gasteiger partial charge in [0.2, 0.25) is 15.9 Å². The van der Waals surface area contributed by atoms with E-state index in [0.29, 0.717) is 24.9 Å². The predicted molar refractivity (Wildman–Crippen MR) is 84.6 cm³/mol. The van der Waals surface area contributed by atoms with Crippen molar-refractivity contribution < 1.29 is 28.0 Å². The van der Waals surface area contributed by atoms with Crippen molar-refractivity contribution in [1.29, 1.82) is 0 Å². The van der Waals surface area contributed by atoms with Gasteiger partial charge in [-0.3, -0.25) is 4.79 Å². The zero-order valence-electron chi connectivity index (χ0n) is 13.2. The first-order chi connectivity index (χ1) is 11.3. The second kappa shape index (κ2) is 7.56. The molecule has 1 aliphatic rings. The summed E-state index contributed by atoms with van der Waals surface area (Å²) in [6.45, 7) is 2.47. The van der Waals surface area contributed by atoms with E-state index in [1.165, 1.54) is 33.5 Å². The Labute approximate surface area is 140 Å². The molecule has 24 heavy (non-hydrogen) atoms. The van der Waals surface area contributed by atoms with Crippen molar-refractivity contribution >= 4 is 27.6 Å². The van der Waals surface area contributed by atoms with E-state index in [4.69, 9.17) is 0 Å². The number of carboxylic acids is 1. The van der Waals surface area contributed by atoms with Crippen molar-refractivity contribution in [2.24, 2.45) is 0 Å². The second-order valence-electron chi connectivity index (χ2n) is 5.53. The fourth-order valence-corrected chi connectivity index (χ4v) is 3.74. The van der Waals surface area contributed by atoms with Crippen LogP contribution in [0.1, 0.15) is 0 Å². The molecule has 0 aromatic heterocycles. The number of carboxylic acid groups (broad SMARTS) is 1. The Hall–Kier alpha value is -2.23. The molecule has 1 amide bonds. The predicted octanol–water partition coefficient (Wildman–Crippen LogP) is -2.55. The van der Waals surface area contributed by atoms with Crippen LogP contribution in [0.3, 0.4) is 0 Å². The first kappa shape index (κ1) is 18.1. The highest BCUT2D eigenvalue weighted by molar-refractivity contribution is 7.89. The lowest BCUT2D eigenvalue weighted by atomic mass is 10.3. The van der Waals surface area contributed by atoms with Gasteiger partial charge in [-0.2, -0.15) is 4.31 Å². The normalized spacial score (nSPS) is 17.0. The Morgan fingerprint density at radius 1 is 1.17 bits per heavy atom. The SMILES string of the molecule is C[NH+]1CCN(S(=O)(=O)c2ccc(NC(=O)/C=C\C(=O)[O-])cc2)CC1. The van der Waals surface area contributed by atoms with Gasteiger partial charge in [-0.15, -0.1) is 0 Å². The van der Waals surface area contributed by atoms with E-state index in [2.05, 4.69) is 5.32 Å². The van der Waals surface area contributed by atoms with Crippen molar-refractivity contribution in [3.8, 4) is 0 Å². The quantitative estimate of drug-likeness (QED) is 0.566. The van der Waals surface area contributed by atoms with Crippen molar-refractivity contribution in [2.45, 2.75) is 4.90 Å². The number of nitrogens with one attached hydrogen (secondary N) is 2. The number of hydrogen-bond acceptors (Lipinski definition) is 5. The average Bonchev–Trinajstić information content (AvgIpc) is 2.54. The number of benzene rings is 1. The summed E-state index contributed by atoms with van der Waals surface area (Å²) in [6.07, 6.45) is 1.44. The second-order valence-corrected chi connectivity index (χ2v) is 7.47. The van der Waals surface area contributed by atoms with E-state index in [1.807, 2.05) is 7.05 Å². The summed E-state index contributed by atoms with van der Waals surface area (Å²) in [4.78, 5) is 23.1. The van der Waals surface area contributed by atoms with Gasteiger partial charge in [0.1, 0.15) is 0 Å². The molecule has 0 atom stereocenters. The Morgan fingerprint density at radius 2 is 1.75 bits per heavy atom. The van der Waals surface area contributed by atoms with Crippen LogP contribution in [0, 0.1) is 0 Å². The van der Waals surface area contributed by atoms with Gasteiger partial charge in [0.05, 0.1) is 44.1 Å². The van der Waals surface area contributed by atoms with Gasteiger partial charge in [-0.05, 0) is 30.3 Å². The number of carbonyl (C=O) groups is 2. The minimum atomic E-state index is -3.54. The highest BCUT2D eigenvalue weighted by Gasteiger charge is 2.28. The van der Waals surface area contributed by atoms with Crippen LogP contribution in [0.4, 0.5) is 5.69 Å². The Bertz CT molecular complexity index is 735. The zero-order valence-corrected chi connectivity index (χ0v) is 14.0. The van der Waals surface area contributed by atoms with Crippen LogP contribution in [0.15, 0.2) is 41.3 Å². The van der Waals surface area contributed by atoms with E-state index in [1.54, 1.807) is 0 Å². The topological polar surface area (TPSA) is 111 Å². The maximum Gasteiger partial charge on any atom is 0.248 e. The number of likely N-dealkylation sites (N-methyl/N-ethyl adjacent to an activating group) is 1. The molecular formula is C15H19N3O5S. The van der Waals surface area contributed by atoms with Gasteiger partial charge in [0, 0.05) is 11.8 Å². The number of aliphatic carboxylic acids is 1. The number of hydrogen-bond donors (Lipinski definition) is 2. The molecule has 0 spiro atoms. The molecule has 0 aliphatic carbocycles. The third-order valence-electron chi connectivity index (χ3n) is 3.71. The van der Waals surface area contributed by atoms with Gasteiger partial charge >= 0.3 is 0 Å². The summed E-state index contributed by atoms with van der Waals surface area (Å²) in [5, 5.41) is 12.7. The van der Waals surface area contributed by atoms with Crippen LogP contribution in [-0.4, -0.2) is 57.8 Å². The molecule has 130 valence electrons. The number of rotatable bonds is 5. The minimum Gasteiger partial charge on any atom is -0.545 e. The molecule has 0 bridgehead atoms. The number of sulfonamides is 1. The van der Waals surface area contributed by atoms with Gasteiger partial charge in [-0.25, -0.2) is 8.42 Å². The van der Waals surface area contributed by atoms with Gasteiger partial charge in [-0.1, -0.05) is 0 Å². The molecule has 0 saturated carbocycles. The van der Waals surface area contributed by atoms with E-state index in [9.17, 15) is 23.1 Å². The Balaban J connectivity index is 2.06. The highest BCUT2D eigenvalue weighted by Crippen LogP contribution is 2.18. The summed E-state index contributed by atoms with van der Waals surface area (Å²) in [5.74, 6) is -2.11. The lowest BCUT2D eigenvalue weighted by Gasteiger charge is -2.29. The summed E-state index contributed by atoms with van der Waals surface area (Å²) in [5.41, 5.74) is 0.366. The number of piperazine rings is 1. The largest absolute Gasteiger partial charge is 0.545 e. The molecular weight excluding hydrogens is 334 g/mol. The molecule has 1 heterocycles. The monoisotopic (exact) mass is 353 g/mol. The summed E-state index contributed by atoms with van der Waals surface area (Å²) < 4.78 is 26.6. The lowest BCUT2D eigenvalue weighted by Crippen LogP contribution is -3.12. The van der Waals surface area contributed by atoms with Crippen LogP contribution < -0.4 is 15.3 Å². The molecule has 1 aliphatic heterocycles.